The molecule has 1 heterocycles. The normalized spacial score (nSPS) is 11.8. The molecule has 0 spiro atoms. The first-order valence-corrected chi connectivity index (χ1v) is 6.05. The number of rotatable bonds is 2. The predicted octanol–water partition coefficient (Wildman–Crippen LogP) is 3.61. The Morgan fingerprint density at radius 2 is 1.76 bits per heavy atom. The molecule has 0 amide bonds. The van der Waals surface area contributed by atoms with E-state index in [4.69, 9.17) is 0 Å². The van der Waals surface area contributed by atoms with Gasteiger partial charge >= 0.3 is 0 Å². The highest BCUT2D eigenvalue weighted by Gasteiger charge is 2.12. The maximum atomic E-state index is 4.26. The lowest BCUT2D eigenvalue weighted by Crippen LogP contribution is -2.10. The molecule has 1 aromatic heterocycles. The van der Waals surface area contributed by atoms with Crippen LogP contribution in [0.5, 0.6) is 0 Å². The van der Waals surface area contributed by atoms with Gasteiger partial charge in [-0.25, -0.2) is 0 Å². The summed E-state index contributed by atoms with van der Waals surface area (Å²) in [6.07, 6.45) is 0.898. The van der Waals surface area contributed by atoms with Crippen LogP contribution in [0.2, 0.25) is 0 Å². The number of aryl methyl sites for hydroxylation is 1. The monoisotopic (exact) mass is 228 g/mol. The second-order valence-electron chi connectivity index (χ2n) is 5.67. The lowest BCUT2D eigenvalue weighted by Gasteiger charge is -2.19. The van der Waals surface area contributed by atoms with Crippen LogP contribution in [0.4, 0.5) is 0 Å². The van der Waals surface area contributed by atoms with Crippen molar-refractivity contribution in [3.63, 3.8) is 0 Å². The van der Waals surface area contributed by atoms with Crippen molar-refractivity contribution in [1.29, 1.82) is 0 Å². The molecule has 2 rings (SSSR count). The van der Waals surface area contributed by atoms with E-state index < -0.39 is 0 Å². The zero-order valence-electron chi connectivity index (χ0n) is 11.0. The molecule has 0 saturated carbocycles. The van der Waals surface area contributed by atoms with Gasteiger partial charge in [0.1, 0.15) is 0 Å². The van der Waals surface area contributed by atoms with Gasteiger partial charge in [-0.05, 0) is 29.5 Å². The Morgan fingerprint density at radius 3 is 2.24 bits per heavy atom. The van der Waals surface area contributed by atoms with Gasteiger partial charge in [0.2, 0.25) is 0 Å². The number of H-pyrrole nitrogens is 1. The lowest BCUT2D eigenvalue weighted by molar-refractivity contribution is 0.590. The van der Waals surface area contributed by atoms with Crippen molar-refractivity contribution in [3.8, 4) is 0 Å². The molecule has 0 aliphatic rings. The van der Waals surface area contributed by atoms with Gasteiger partial charge in [0.25, 0.3) is 0 Å². The third-order valence-corrected chi connectivity index (χ3v) is 2.96. The van der Waals surface area contributed by atoms with Gasteiger partial charge < -0.3 is 0 Å². The van der Waals surface area contributed by atoms with Crippen molar-refractivity contribution in [1.82, 2.24) is 10.2 Å². The number of aromatic amines is 1. The SMILES string of the molecule is Cc1cc(Cc2ccc(C(C)(C)C)cc2)n[nH]1. The van der Waals surface area contributed by atoms with E-state index in [-0.39, 0.29) is 5.41 Å². The van der Waals surface area contributed by atoms with Gasteiger partial charge in [-0.2, -0.15) is 5.10 Å². The molecule has 0 saturated heterocycles. The van der Waals surface area contributed by atoms with E-state index in [9.17, 15) is 0 Å². The van der Waals surface area contributed by atoms with E-state index in [0.29, 0.717) is 0 Å². The average molecular weight is 228 g/mol. The maximum Gasteiger partial charge on any atom is 0.0668 e. The summed E-state index contributed by atoms with van der Waals surface area (Å²) in [6, 6.07) is 10.9. The smallest absolute Gasteiger partial charge is 0.0668 e. The molecule has 0 bridgehead atoms. The molecule has 90 valence electrons. The van der Waals surface area contributed by atoms with Gasteiger partial charge in [0, 0.05) is 12.1 Å². The third-order valence-electron chi connectivity index (χ3n) is 2.96. The van der Waals surface area contributed by atoms with Gasteiger partial charge in [0.05, 0.1) is 5.69 Å². The first kappa shape index (κ1) is 11.9. The van der Waals surface area contributed by atoms with Crippen molar-refractivity contribution in [2.45, 2.75) is 39.5 Å². The Labute approximate surface area is 103 Å². The number of nitrogens with zero attached hydrogens (tertiary/aromatic N) is 1. The summed E-state index contributed by atoms with van der Waals surface area (Å²) in [5.41, 5.74) is 5.13. The second kappa shape index (κ2) is 4.36. The minimum absolute atomic E-state index is 0.224. The summed E-state index contributed by atoms with van der Waals surface area (Å²) in [7, 11) is 0. The quantitative estimate of drug-likeness (QED) is 0.835. The lowest BCUT2D eigenvalue weighted by atomic mass is 9.86. The van der Waals surface area contributed by atoms with Gasteiger partial charge in [-0.3, -0.25) is 5.10 Å². The molecule has 2 nitrogen and oxygen atoms in total. The first-order valence-electron chi connectivity index (χ1n) is 6.05. The molecule has 2 aromatic rings. The highest BCUT2D eigenvalue weighted by Crippen LogP contribution is 2.22. The topological polar surface area (TPSA) is 28.7 Å². The predicted molar refractivity (Wildman–Crippen MR) is 71.3 cm³/mol. The number of benzene rings is 1. The molecule has 0 aliphatic heterocycles. The average Bonchev–Trinajstić information content (AvgIpc) is 2.63. The van der Waals surface area contributed by atoms with Crippen LogP contribution in [-0.2, 0) is 11.8 Å². The molecule has 0 radical (unpaired) electrons. The standard InChI is InChI=1S/C15H20N2/c1-11-9-14(17-16-11)10-12-5-7-13(8-6-12)15(2,3)4/h5-9H,10H2,1-4H3,(H,16,17). The van der Waals surface area contributed by atoms with E-state index in [1.807, 2.05) is 6.92 Å². The molecular formula is C15H20N2. The number of hydrogen-bond acceptors (Lipinski definition) is 1. The summed E-state index contributed by atoms with van der Waals surface area (Å²) >= 11 is 0. The Bertz CT molecular complexity index is 486. The molecule has 17 heavy (non-hydrogen) atoms. The fourth-order valence-electron chi connectivity index (χ4n) is 1.90. The molecule has 2 heteroatoms. The van der Waals surface area contributed by atoms with Crippen LogP contribution < -0.4 is 0 Å². The highest BCUT2D eigenvalue weighted by atomic mass is 15.1. The molecule has 0 unspecified atom stereocenters. The molecular weight excluding hydrogens is 208 g/mol. The number of hydrogen-bond donors (Lipinski definition) is 1. The molecule has 0 aliphatic carbocycles. The largest absolute Gasteiger partial charge is 0.283 e. The van der Waals surface area contributed by atoms with Crippen LogP contribution in [-0.4, -0.2) is 10.2 Å². The van der Waals surface area contributed by atoms with Crippen molar-refractivity contribution >= 4 is 0 Å². The Hall–Kier alpha value is -1.57. The Balaban J connectivity index is 2.13. The first-order chi connectivity index (χ1) is 7.95. The summed E-state index contributed by atoms with van der Waals surface area (Å²) < 4.78 is 0. The zero-order valence-corrected chi connectivity index (χ0v) is 11.0. The minimum atomic E-state index is 0.224. The molecule has 1 N–H and O–H groups in total. The minimum Gasteiger partial charge on any atom is -0.283 e. The second-order valence-corrected chi connectivity index (χ2v) is 5.67. The van der Waals surface area contributed by atoms with E-state index in [1.54, 1.807) is 0 Å². The van der Waals surface area contributed by atoms with Crippen LogP contribution in [0.3, 0.4) is 0 Å². The molecule has 0 atom stereocenters. The molecule has 1 aromatic carbocycles. The van der Waals surface area contributed by atoms with E-state index in [1.165, 1.54) is 11.1 Å². The Morgan fingerprint density at radius 1 is 1.12 bits per heavy atom. The van der Waals surface area contributed by atoms with Crippen molar-refractivity contribution < 1.29 is 0 Å². The maximum absolute atomic E-state index is 4.26. The summed E-state index contributed by atoms with van der Waals surface area (Å²) in [5, 5.41) is 7.23. The van der Waals surface area contributed by atoms with Crippen LogP contribution in [0, 0.1) is 6.92 Å². The summed E-state index contributed by atoms with van der Waals surface area (Å²) in [5.74, 6) is 0. The fraction of sp³-hybridized carbons (Fsp3) is 0.400. The van der Waals surface area contributed by atoms with E-state index in [0.717, 1.165) is 17.8 Å². The molecule has 0 fully saturated rings. The van der Waals surface area contributed by atoms with E-state index in [2.05, 4.69) is 61.3 Å². The van der Waals surface area contributed by atoms with Crippen LogP contribution in [0.1, 0.15) is 43.3 Å². The van der Waals surface area contributed by atoms with Crippen molar-refractivity contribution in [2.75, 3.05) is 0 Å². The van der Waals surface area contributed by atoms with Gasteiger partial charge in [-0.15, -0.1) is 0 Å². The summed E-state index contributed by atoms with van der Waals surface area (Å²) in [6.45, 7) is 8.73. The fourth-order valence-corrected chi connectivity index (χ4v) is 1.90. The van der Waals surface area contributed by atoms with Crippen LogP contribution in [0.25, 0.3) is 0 Å². The van der Waals surface area contributed by atoms with Crippen LogP contribution >= 0.6 is 0 Å². The zero-order chi connectivity index (χ0) is 12.5. The summed E-state index contributed by atoms with van der Waals surface area (Å²) in [4.78, 5) is 0. The van der Waals surface area contributed by atoms with Gasteiger partial charge in [0.15, 0.2) is 0 Å². The van der Waals surface area contributed by atoms with Crippen LogP contribution in [0.15, 0.2) is 30.3 Å². The highest BCUT2D eigenvalue weighted by molar-refractivity contribution is 5.29. The van der Waals surface area contributed by atoms with Crippen molar-refractivity contribution in [3.05, 3.63) is 52.8 Å². The number of nitrogens with one attached hydrogen (secondary N) is 1. The van der Waals surface area contributed by atoms with E-state index >= 15 is 0 Å². The third kappa shape index (κ3) is 2.96. The Kier molecular flexibility index (Phi) is 3.05. The van der Waals surface area contributed by atoms with Gasteiger partial charge in [-0.1, -0.05) is 45.0 Å². The van der Waals surface area contributed by atoms with Crippen molar-refractivity contribution in [2.24, 2.45) is 0 Å². The number of aromatic nitrogens is 2.